The molecule has 0 spiro atoms. The van der Waals surface area contributed by atoms with Gasteiger partial charge in [0.15, 0.2) is 0 Å². The zero-order valence-corrected chi connectivity index (χ0v) is 9.94. The topological polar surface area (TPSA) is 70.8 Å². The zero-order valence-electron chi connectivity index (χ0n) is 7.55. The van der Waals surface area contributed by atoms with Crippen LogP contribution < -0.4 is 0 Å². The first kappa shape index (κ1) is 12.3. The molecule has 80 valence electrons. The number of nitrogens with zero attached hydrogens (tertiary/aromatic N) is 2. The highest BCUT2D eigenvalue weighted by Gasteiger charge is 2.05. The van der Waals surface area contributed by atoms with E-state index in [-0.39, 0.29) is 5.75 Å². The van der Waals surface area contributed by atoms with E-state index in [1.807, 2.05) is 6.07 Å². The molecular weight excluding hydrogens is 256 g/mol. The van der Waals surface area contributed by atoms with Crippen LogP contribution in [0.5, 0.6) is 0 Å². The van der Waals surface area contributed by atoms with E-state index in [4.69, 9.17) is 15.9 Å². The molecule has 0 radical (unpaired) electrons. The fourth-order valence-corrected chi connectivity index (χ4v) is 3.06. The molecule has 0 amide bonds. The minimum absolute atomic E-state index is 0.113. The summed E-state index contributed by atoms with van der Waals surface area (Å²) in [5.74, 6) is 0.214. The number of nitriles is 1. The Morgan fingerprint density at radius 2 is 2.33 bits per heavy atom. The summed E-state index contributed by atoms with van der Waals surface area (Å²) < 4.78 is 21.2. The summed E-state index contributed by atoms with van der Waals surface area (Å²) in [4.78, 5) is 3.98. The molecule has 1 rings (SSSR count). The lowest BCUT2D eigenvalue weighted by atomic mass is 10.3. The Kier molecular flexibility index (Phi) is 4.39. The number of pyridine rings is 1. The molecule has 0 aliphatic carbocycles. The number of halogens is 1. The van der Waals surface area contributed by atoms with Gasteiger partial charge in [-0.25, -0.2) is 13.4 Å². The maximum atomic E-state index is 10.6. The van der Waals surface area contributed by atoms with E-state index < -0.39 is 9.05 Å². The van der Waals surface area contributed by atoms with Gasteiger partial charge in [0.1, 0.15) is 0 Å². The van der Waals surface area contributed by atoms with Gasteiger partial charge in [-0.1, -0.05) is 0 Å². The van der Waals surface area contributed by atoms with Gasteiger partial charge >= 0.3 is 0 Å². The van der Waals surface area contributed by atoms with Crippen LogP contribution in [0.1, 0.15) is 5.56 Å². The number of rotatable bonds is 4. The Hall–Kier alpha value is -0.770. The molecule has 1 heterocycles. The minimum Gasteiger partial charge on any atom is -0.250 e. The molecule has 4 nitrogen and oxygen atoms in total. The largest absolute Gasteiger partial charge is 0.250 e. The summed E-state index contributed by atoms with van der Waals surface area (Å²) in [6.45, 7) is 0. The van der Waals surface area contributed by atoms with Crippen molar-refractivity contribution in [3.63, 3.8) is 0 Å². The summed E-state index contributed by atoms with van der Waals surface area (Å²) in [6.07, 6.45) is 1.51. The maximum absolute atomic E-state index is 10.6. The average molecular weight is 263 g/mol. The van der Waals surface area contributed by atoms with Crippen LogP contribution in [0, 0.1) is 11.3 Å². The molecule has 0 aliphatic rings. The molecule has 1 aromatic rings. The van der Waals surface area contributed by atoms with Gasteiger partial charge in [0, 0.05) is 22.6 Å². The fourth-order valence-electron chi connectivity index (χ4n) is 0.804. The molecule has 0 saturated heterocycles. The van der Waals surface area contributed by atoms with Crippen molar-refractivity contribution in [1.29, 1.82) is 5.26 Å². The first-order valence-corrected chi connectivity index (χ1v) is 7.39. The second kappa shape index (κ2) is 5.35. The van der Waals surface area contributed by atoms with E-state index in [1.54, 1.807) is 12.1 Å². The monoisotopic (exact) mass is 262 g/mol. The first-order valence-electron chi connectivity index (χ1n) is 3.92. The van der Waals surface area contributed by atoms with Gasteiger partial charge in [-0.05, 0) is 12.1 Å². The van der Waals surface area contributed by atoms with Crippen LogP contribution in [0.4, 0.5) is 0 Å². The van der Waals surface area contributed by atoms with E-state index in [1.165, 1.54) is 18.0 Å². The van der Waals surface area contributed by atoms with Gasteiger partial charge in [-0.15, -0.1) is 11.8 Å². The van der Waals surface area contributed by atoms with Crippen molar-refractivity contribution in [2.45, 2.75) is 5.03 Å². The van der Waals surface area contributed by atoms with Crippen molar-refractivity contribution < 1.29 is 8.42 Å². The lowest BCUT2D eigenvalue weighted by molar-refractivity contribution is 0.611. The Morgan fingerprint density at radius 3 is 2.93 bits per heavy atom. The summed E-state index contributed by atoms with van der Waals surface area (Å²) in [7, 11) is 1.59. The SMILES string of the molecule is N#Cc1ccnc(SCCS(=O)(=O)Cl)c1. The lowest BCUT2D eigenvalue weighted by Crippen LogP contribution is -1.99. The third-order valence-corrected chi connectivity index (χ3v) is 3.78. The molecule has 0 bridgehead atoms. The van der Waals surface area contributed by atoms with Gasteiger partial charge in [0.2, 0.25) is 9.05 Å². The first-order chi connectivity index (χ1) is 7.01. The molecule has 0 N–H and O–H groups in total. The molecule has 0 fully saturated rings. The highest BCUT2D eigenvalue weighted by atomic mass is 35.7. The Labute approximate surface area is 96.7 Å². The van der Waals surface area contributed by atoms with E-state index in [2.05, 4.69) is 4.98 Å². The average Bonchev–Trinajstić information content (AvgIpc) is 2.16. The molecular formula is C8H7ClN2O2S2. The predicted molar refractivity (Wildman–Crippen MR) is 59.3 cm³/mol. The van der Waals surface area contributed by atoms with Crippen LogP contribution >= 0.6 is 22.4 Å². The van der Waals surface area contributed by atoms with Gasteiger partial charge in [0.25, 0.3) is 0 Å². The van der Waals surface area contributed by atoms with Crippen LogP contribution in [0.3, 0.4) is 0 Å². The van der Waals surface area contributed by atoms with E-state index >= 15 is 0 Å². The lowest BCUT2D eigenvalue weighted by Gasteiger charge is -1.98. The van der Waals surface area contributed by atoms with Crippen LogP contribution in [-0.2, 0) is 9.05 Å². The predicted octanol–water partition coefficient (Wildman–Crippen LogP) is 1.61. The number of hydrogen-bond acceptors (Lipinski definition) is 5. The highest BCUT2D eigenvalue weighted by molar-refractivity contribution is 8.14. The number of aromatic nitrogens is 1. The van der Waals surface area contributed by atoms with Crippen molar-refractivity contribution in [3.05, 3.63) is 23.9 Å². The molecule has 0 unspecified atom stereocenters. The third-order valence-electron chi connectivity index (χ3n) is 1.44. The fraction of sp³-hybridized carbons (Fsp3) is 0.250. The minimum atomic E-state index is -3.45. The summed E-state index contributed by atoms with van der Waals surface area (Å²) >= 11 is 1.25. The Bertz CT molecular complexity index is 482. The maximum Gasteiger partial charge on any atom is 0.233 e. The van der Waals surface area contributed by atoms with Crippen LogP contribution in [0.2, 0.25) is 0 Å². The van der Waals surface area contributed by atoms with Crippen molar-refractivity contribution in [2.24, 2.45) is 0 Å². The molecule has 0 aliphatic heterocycles. The molecule has 0 aromatic carbocycles. The van der Waals surface area contributed by atoms with Gasteiger partial charge in [0.05, 0.1) is 22.4 Å². The quantitative estimate of drug-likeness (QED) is 0.609. The van der Waals surface area contributed by atoms with Gasteiger partial charge in [-0.3, -0.25) is 0 Å². The highest BCUT2D eigenvalue weighted by Crippen LogP contribution is 2.16. The molecule has 0 saturated carbocycles. The number of thioether (sulfide) groups is 1. The molecule has 1 aromatic heterocycles. The normalized spacial score (nSPS) is 10.9. The molecule has 15 heavy (non-hydrogen) atoms. The Balaban J connectivity index is 2.55. The molecule has 7 heteroatoms. The van der Waals surface area contributed by atoms with Crippen LogP contribution in [0.15, 0.2) is 23.4 Å². The van der Waals surface area contributed by atoms with E-state index in [0.29, 0.717) is 16.3 Å². The smallest absolute Gasteiger partial charge is 0.233 e. The van der Waals surface area contributed by atoms with Gasteiger partial charge in [-0.2, -0.15) is 5.26 Å². The standard InChI is InChI=1S/C8H7ClN2O2S2/c9-15(12,13)4-3-14-8-5-7(6-10)1-2-11-8/h1-2,5H,3-4H2. The van der Waals surface area contributed by atoms with Crippen molar-refractivity contribution >= 4 is 31.5 Å². The van der Waals surface area contributed by atoms with Crippen molar-refractivity contribution in [3.8, 4) is 6.07 Å². The number of hydrogen-bond donors (Lipinski definition) is 0. The molecule has 0 atom stereocenters. The Morgan fingerprint density at radius 1 is 1.60 bits per heavy atom. The summed E-state index contributed by atoms with van der Waals surface area (Å²) in [5.41, 5.74) is 0.501. The van der Waals surface area contributed by atoms with E-state index in [0.717, 1.165) is 0 Å². The summed E-state index contributed by atoms with van der Waals surface area (Å²) in [6, 6.07) is 5.16. The zero-order chi connectivity index (χ0) is 11.3. The van der Waals surface area contributed by atoms with Crippen molar-refractivity contribution in [2.75, 3.05) is 11.5 Å². The van der Waals surface area contributed by atoms with Crippen LogP contribution in [-0.4, -0.2) is 24.9 Å². The van der Waals surface area contributed by atoms with Gasteiger partial charge < -0.3 is 0 Å². The van der Waals surface area contributed by atoms with Crippen molar-refractivity contribution in [1.82, 2.24) is 4.98 Å². The second-order valence-electron chi connectivity index (χ2n) is 2.59. The van der Waals surface area contributed by atoms with E-state index in [9.17, 15) is 8.42 Å². The van der Waals surface area contributed by atoms with Crippen LogP contribution in [0.25, 0.3) is 0 Å². The summed E-state index contributed by atoms with van der Waals surface area (Å²) in [5, 5.41) is 9.23. The second-order valence-corrected chi connectivity index (χ2v) is 6.60. The third kappa shape index (κ3) is 5.02.